The quantitative estimate of drug-likeness (QED) is 0.849. The van der Waals surface area contributed by atoms with Crippen LogP contribution in [0.5, 0.6) is 0 Å². The van der Waals surface area contributed by atoms with Crippen molar-refractivity contribution < 1.29 is 9.18 Å². The van der Waals surface area contributed by atoms with E-state index in [1.807, 2.05) is 12.1 Å². The Morgan fingerprint density at radius 3 is 2.39 bits per heavy atom. The van der Waals surface area contributed by atoms with E-state index in [0.717, 1.165) is 50.0 Å². The van der Waals surface area contributed by atoms with E-state index < -0.39 is 0 Å². The average molecular weight is 381 g/mol. The number of carbonyl (C=O) groups is 1. The molecule has 0 spiro atoms. The number of fused-ring (bicyclic) bond motifs is 1. The lowest BCUT2D eigenvalue weighted by Crippen LogP contribution is -2.44. The molecule has 1 amide bonds. The molecule has 2 aromatic rings. The van der Waals surface area contributed by atoms with Crippen molar-refractivity contribution in [1.29, 1.82) is 0 Å². The van der Waals surface area contributed by atoms with Gasteiger partial charge in [0.25, 0.3) is 0 Å². The van der Waals surface area contributed by atoms with E-state index >= 15 is 0 Å². The number of nitrogens with zero attached hydrogens (tertiary/aromatic N) is 1. The van der Waals surface area contributed by atoms with Crippen molar-refractivity contribution in [2.24, 2.45) is 0 Å². The smallest absolute Gasteiger partial charge is 0.224 e. The van der Waals surface area contributed by atoms with Crippen LogP contribution in [-0.2, 0) is 30.6 Å². The largest absolute Gasteiger partial charge is 0.353 e. The third kappa shape index (κ3) is 4.99. The molecule has 0 saturated carbocycles. The second-order valence-electron chi connectivity index (χ2n) is 8.23. The van der Waals surface area contributed by atoms with Crippen LogP contribution in [0.25, 0.3) is 0 Å². The highest BCUT2D eigenvalue weighted by atomic mass is 19.1. The van der Waals surface area contributed by atoms with Crippen molar-refractivity contribution in [1.82, 2.24) is 10.2 Å². The zero-order valence-electron chi connectivity index (χ0n) is 16.4. The van der Waals surface area contributed by atoms with Gasteiger partial charge in [-0.1, -0.05) is 30.3 Å². The lowest BCUT2D eigenvalue weighted by molar-refractivity contribution is -0.121. The van der Waals surface area contributed by atoms with Crippen LogP contribution in [0.1, 0.15) is 47.9 Å². The van der Waals surface area contributed by atoms with Crippen molar-refractivity contribution >= 4 is 5.91 Å². The molecule has 4 rings (SSSR count). The lowest BCUT2D eigenvalue weighted by atomic mass is 9.90. The van der Waals surface area contributed by atoms with Crippen molar-refractivity contribution in [3.8, 4) is 0 Å². The Bertz CT molecular complexity index is 810. The van der Waals surface area contributed by atoms with Crippen molar-refractivity contribution in [3.63, 3.8) is 0 Å². The van der Waals surface area contributed by atoms with Crippen LogP contribution in [0, 0.1) is 5.82 Å². The standard InChI is InChI=1S/C24H29FN2O/c25-22-9-6-18(7-10-22)17-27-13-11-23(12-14-27)26-24(28)16-19-5-8-20-3-1-2-4-21(20)15-19/h5-10,15,23H,1-4,11-14,16-17H2,(H,26,28). The summed E-state index contributed by atoms with van der Waals surface area (Å²) in [5.41, 5.74) is 5.16. The molecule has 0 unspecified atom stereocenters. The van der Waals surface area contributed by atoms with Gasteiger partial charge in [-0.05, 0) is 72.9 Å². The highest BCUT2D eigenvalue weighted by molar-refractivity contribution is 5.79. The van der Waals surface area contributed by atoms with Gasteiger partial charge in [0.15, 0.2) is 0 Å². The first-order valence-corrected chi connectivity index (χ1v) is 10.5. The number of carbonyl (C=O) groups excluding carboxylic acids is 1. The Balaban J connectivity index is 1.23. The van der Waals surface area contributed by atoms with Gasteiger partial charge in [-0.3, -0.25) is 9.69 Å². The molecule has 1 N–H and O–H groups in total. The van der Waals surface area contributed by atoms with Crippen LogP contribution in [0.15, 0.2) is 42.5 Å². The molecule has 1 aliphatic carbocycles. The number of amides is 1. The zero-order chi connectivity index (χ0) is 19.3. The van der Waals surface area contributed by atoms with Gasteiger partial charge in [-0.25, -0.2) is 4.39 Å². The summed E-state index contributed by atoms with van der Waals surface area (Å²) in [6, 6.07) is 13.6. The first-order valence-electron chi connectivity index (χ1n) is 10.5. The van der Waals surface area contributed by atoms with Gasteiger partial charge < -0.3 is 5.32 Å². The minimum Gasteiger partial charge on any atom is -0.353 e. The fourth-order valence-electron chi connectivity index (χ4n) is 4.44. The van der Waals surface area contributed by atoms with Crippen LogP contribution in [0.3, 0.4) is 0 Å². The SMILES string of the molecule is O=C(Cc1ccc2c(c1)CCCC2)NC1CCN(Cc2ccc(F)cc2)CC1. The Morgan fingerprint density at radius 2 is 1.64 bits per heavy atom. The summed E-state index contributed by atoms with van der Waals surface area (Å²) in [6.07, 6.45) is 7.29. The summed E-state index contributed by atoms with van der Waals surface area (Å²) in [4.78, 5) is 14.9. The Labute approximate surface area is 166 Å². The topological polar surface area (TPSA) is 32.3 Å². The Hall–Kier alpha value is -2.20. The third-order valence-electron chi connectivity index (χ3n) is 6.05. The van der Waals surface area contributed by atoms with E-state index in [4.69, 9.17) is 0 Å². The first-order chi connectivity index (χ1) is 13.7. The number of aryl methyl sites for hydroxylation is 2. The van der Waals surface area contributed by atoms with Crippen LogP contribution in [0.2, 0.25) is 0 Å². The molecule has 0 bridgehead atoms. The maximum Gasteiger partial charge on any atom is 0.224 e. The van der Waals surface area contributed by atoms with E-state index in [9.17, 15) is 9.18 Å². The minimum atomic E-state index is -0.191. The summed E-state index contributed by atoms with van der Waals surface area (Å²) >= 11 is 0. The van der Waals surface area contributed by atoms with Gasteiger partial charge in [0.2, 0.25) is 5.91 Å². The average Bonchev–Trinajstić information content (AvgIpc) is 2.71. The monoisotopic (exact) mass is 380 g/mol. The van der Waals surface area contributed by atoms with Crippen molar-refractivity contribution in [2.45, 2.75) is 57.5 Å². The molecular formula is C24H29FN2O. The zero-order valence-corrected chi connectivity index (χ0v) is 16.4. The van der Waals surface area contributed by atoms with E-state index in [1.165, 1.54) is 42.5 Å². The van der Waals surface area contributed by atoms with E-state index in [2.05, 4.69) is 28.4 Å². The molecule has 2 aliphatic rings. The molecule has 0 aromatic heterocycles. The van der Waals surface area contributed by atoms with Crippen molar-refractivity contribution in [3.05, 3.63) is 70.5 Å². The number of hydrogen-bond acceptors (Lipinski definition) is 2. The second-order valence-corrected chi connectivity index (χ2v) is 8.23. The maximum atomic E-state index is 13.0. The first kappa shape index (κ1) is 19.1. The predicted octanol–water partition coefficient (Wildman–Crippen LogP) is 4.03. The number of benzene rings is 2. The van der Waals surface area contributed by atoms with Gasteiger partial charge in [0.1, 0.15) is 5.82 Å². The Kier molecular flexibility index (Phi) is 6.06. The summed E-state index contributed by atoms with van der Waals surface area (Å²) in [5, 5.41) is 3.22. The predicted molar refractivity (Wildman–Crippen MR) is 110 cm³/mol. The molecule has 1 saturated heterocycles. The number of hydrogen-bond donors (Lipinski definition) is 1. The maximum absolute atomic E-state index is 13.0. The molecule has 3 nitrogen and oxygen atoms in total. The van der Waals surface area contributed by atoms with Crippen LogP contribution in [-0.4, -0.2) is 29.9 Å². The molecule has 4 heteroatoms. The lowest BCUT2D eigenvalue weighted by Gasteiger charge is -2.32. The second kappa shape index (κ2) is 8.87. The summed E-state index contributed by atoms with van der Waals surface area (Å²) in [5.74, 6) is -0.0585. The third-order valence-corrected chi connectivity index (χ3v) is 6.05. The molecule has 2 aromatic carbocycles. The van der Waals surface area contributed by atoms with Gasteiger partial charge in [-0.2, -0.15) is 0 Å². The minimum absolute atomic E-state index is 0.132. The number of nitrogens with one attached hydrogen (secondary N) is 1. The number of rotatable bonds is 5. The highest BCUT2D eigenvalue weighted by Gasteiger charge is 2.21. The molecule has 1 aliphatic heterocycles. The highest BCUT2D eigenvalue weighted by Crippen LogP contribution is 2.22. The fraction of sp³-hybridized carbons (Fsp3) is 0.458. The molecule has 1 fully saturated rings. The Morgan fingerprint density at radius 1 is 0.964 bits per heavy atom. The molecule has 0 radical (unpaired) electrons. The molecule has 0 atom stereocenters. The summed E-state index contributed by atoms with van der Waals surface area (Å²) < 4.78 is 13.0. The van der Waals surface area contributed by atoms with E-state index in [1.54, 1.807) is 0 Å². The molecule has 1 heterocycles. The van der Waals surface area contributed by atoms with Gasteiger partial charge in [0.05, 0.1) is 6.42 Å². The molecule has 28 heavy (non-hydrogen) atoms. The molecule has 148 valence electrons. The van der Waals surface area contributed by atoms with Gasteiger partial charge in [0, 0.05) is 25.7 Å². The van der Waals surface area contributed by atoms with Crippen molar-refractivity contribution in [2.75, 3.05) is 13.1 Å². The fourth-order valence-corrected chi connectivity index (χ4v) is 4.44. The molecular weight excluding hydrogens is 351 g/mol. The van der Waals surface area contributed by atoms with Crippen LogP contribution >= 0.6 is 0 Å². The number of piperidine rings is 1. The van der Waals surface area contributed by atoms with Gasteiger partial charge >= 0.3 is 0 Å². The summed E-state index contributed by atoms with van der Waals surface area (Å²) in [6.45, 7) is 2.76. The van der Waals surface area contributed by atoms with Gasteiger partial charge in [-0.15, -0.1) is 0 Å². The van der Waals surface area contributed by atoms with E-state index in [-0.39, 0.29) is 17.8 Å². The van der Waals surface area contributed by atoms with E-state index in [0.29, 0.717) is 6.42 Å². The number of halogens is 1. The van der Waals surface area contributed by atoms with Crippen LogP contribution in [0.4, 0.5) is 4.39 Å². The summed E-state index contributed by atoms with van der Waals surface area (Å²) in [7, 11) is 0. The van der Waals surface area contributed by atoms with Crippen LogP contribution < -0.4 is 5.32 Å². The normalized spacial score (nSPS) is 17.9. The number of likely N-dealkylation sites (tertiary alicyclic amines) is 1.